The van der Waals surface area contributed by atoms with E-state index in [0.717, 1.165) is 22.0 Å². The number of hydrogen-bond donors (Lipinski definition) is 1. The molecule has 0 spiro atoms. The summed E-state index contributed by atoms with van der Waals surface area (Å²) in [7, 11) is 0. The van der Waals surface area contributed by atoms with Crippen molar-refractivity contribution >= 4 is 27.7 Å². The summed E-state index contributed by atoms with van der Waals surface area (Å²) in [6.45, 7) is 5.43. The summed E-state index contributed by atoms with van der Waals surface area (Å²) in [6, 6.07) is 20.5. The van der Waals surface area contributed by atoms with Crippen molar-refractivity contribution in [1.29, 1.82) is 0 Å². The maximum Gasteiger partial charge on any atom is 0.261 e. The molecule has 0 aliphatic heterocycles. The summed E-state index contributed by atoms with van der Waals surface area (Å²) >= 11 is 3.50. The third-order valence-corrected chi connectivity index (χ3v) is 6.38. The van der Waals surface area contributed by atoms with E-state index >= 15 is 0 Å². The number of halogens is 2. The zero-order valence-electron chi connectivity index (χ0n) is 20.8. The minimum absolute atomic E-state index is 0.0617. The Kier molecular flexibility index (Phi) is 10.1. The highest BCUT2D eigenvalue weighted by Crippen LogP contribution is 2.26. The van der Waals surface area contributed by atoms with Gasteiger partial charge in [0.15, 0.2) is 6.61 Å². The van der Waals surface area contributed by atoms with Crippen molar-refractivity contribution in [3.05, 3.63) is 99.8 Å². The number of carbonyl (C=O) groups is 2. The van der Waals surface area contributed by atoms with Gasteiger partial charge in [-0.2, -0.15) is 0 Å². The molecule has 190 valence electrons. The first kappa shape index (κ1) is 27.4. The molecule has 0 radical (unpaired) electrons. The molecular weight excluding hydrogens is 523 g/mol. The van der Waals surface area contributed by atoms with Crippen LogP contribution in [0.3, 0.4) is 0 Å². The van der Waals surface area contributed by atoms with E-state index in [1.54, 1.807) is 18.2 Å². The first-order valence-electron chi connectivity index (χ1n) is 12.1. The fraction of sp³-hybridized carbons (Fsp3) is 0.310. The normalized spacial score (nSPS) is 11.7. The van der Waals surface area contributed by atoms with Crippen molar-refractivity contribution in [2.45, 2.75) is 52.2 Å². The second-order valence-electron chi connectivity index (χ2n) is 8.89. The number of nitrogens with zero attached hydrogens (tertiary/aromatic N) is 1. The zero-order valence-corrected chi connectivity index (χ0v) is 22.4. The Hall–Kier alpha value is -3.19. The van der Waals surface area contributed by atoms with Gasteiger partial charge in [0, 0.05) is 24.6 Å². The lowest BCUT2D eigenvalue weighted by Gasteiger charge is -2.32. The molecule has 3 aromatic rings. The van der Waals surface area contributed by atoms with Crippen LogP contribution in [-0.4, -0.2) is 35.4 Å². The number of aryl methyl sites for hydroxylation is 1. The van der Waals surface area contributed by atoms with Crippen molar-refractivity contribution in [3.8, 4) is 5.75 Å². The first-order valence-corrected chi connectivity index (χ1v) is 12.9. The van der Waals surface area contributed by atoms with E-state index in [2.05, 4.69) is 28.2 Å². The van der Waals surface area contributed by atoms with Crippen LogP contribution >= 0.6 is 15.9 Å². The largest absolute Gasteiger partial charge is 0.483 e. The molecule has 0 heterocycles. The second kappa shape index (κ2) is 13.2. The Morgan fingerprint density at radius 3 is 2.33 bits per heavy atom. The van der Waals surface area contributed by atoms with E-state index in [1.165, 1.54) is 11.0 Å². The summed E-state index contributed by atoms with van der Waals surface area (Å²) in [5.74, 6) is -0.619. The van der Waals surface area contributed by atoms with Gasteiger partial charge in [0.1, 0.15) is 17.6 Å². The zero-order chi connectivity index (χ0) is 26.1. The molecule has 0 fully saturated rings. The number of ether oxygens (including phenoxy) is 1. The van der Waals surface area contributed by atoms with Crippen LogP contribution in [-0.2, 0) is 29.0 Å². The van der Waals surface area contributed by atoms with E-state index in [9.17, 15) is 14.0 Å². The fourth-order valence-corrected chi connectivity index (χ4v) is 4.39. The standard InChI is InChI=1S/C29H32BrFN2O3/c1-4-21-14-15-27(24(30)16-21)36-19-28(34)33(18-23-12-8-9-13-25(23)31)26(29(35)32-20(2)3)17-22-10-6-5-7-11-22/h5-16,20,26H,4,17-19H2,1-3H3,(H,32,35). The van der Waals surface area contributed by atoms with Gasteiger partial charge in [-0.1, -0.05) is 61.5 Å². The summed E-state index contributed by atoms with van der Waals surface area (Å²) < 4.78 is 21.2. The van der Waals surface area contributed by atoms with Crippen molar-refractivity contribution in [3.63, 3.8) is 0 Å². The quantitative estimate of drug-likeness (QED) is 0.331. The molecule has 0 aliphatic carbocycles. The number of nitrogens with one attached hydrogen (secondary N) is 1. The van der Waals surface area contributed by atoms with Gasteiger partial charge in [-0.05, 0) is 65.5 Å². The van der Waals surface area contributed by atoms with Gasteiger partial charge in [-0.25, -0.2) is 4.39 Å². The molecule has 0 saturated heterocycles. The maximum absolute atomic E-state index is 14.6. The van der Waals surface area contributed by atoms with Crippen LogP contribution in [0.15, 0.2) is 77.3 Å². The smallest absolute Gasteiger partial charge is 0.261 e. The number of hydrogen-bond acceptors (Lipinski definition) is 3. The van der Waals surface area contributed by atoms with Crippen LogP contribution in [0.2, 0.25) is 0 Å². The Labute approximate surface area is 220 Å². The van der Waals surface area contributed by atoms with Crippen molar-refractivity contribution in [2.24, 2.45) is 0 Å². The molecule has 1 N–H and O–H groups in total. The summed E-state index contributed by atoms with van der Waals surface area (Å²) in [6.07, 6.45) is 1.16. The van der Waals surface area contributed by atoms with Crippen LogP contribution in [0, 0.1) is 5.82 Å². The lowest BCUT2D eigenvalue weighted by atomic mass is 10.0. The molecule has 0 aromatic heterocycles. The average molecular weight is 555 g/mol. The fourth-order valence-electron chi connectivity index (χ4n) is 3.85. The second-order valence-corrected chi connectivity index (χ2v) is 9.74. The van der Waals surface area contributed by atoms with Gasteiger partial charge in [0.2, 0.25) is 5.91 Å². The molecule has 1 atom stereocenters. The SMILES string of the molecule is CCc1ccc(OCC(=O)N(Cc2ccccc2F)C(Cc2ccccc2)C(=O)NC(C)C)c(Br)c1. The van der Waals surface area contributed by atoms with Crippen LogP contribution in [0.25, 0.3) is 0 Å². The van der Waals surface area contributed by atoms with Crippen molar-refractivity contribution in [1.82, 2.24) is 10.2 Å². The monoisotopic (exact) mass is 554 g/mol. The van der Waals surface area contributed by atoms with Gasteiger partial charge < -0.3 is 15.0 Å². The van der Waals surface area contributed by atoms with E-state index in [-0.39, 0.29) is 31.5 Å². The number of rotatable bonds is 11. The Morgan fingerprint density at radius 2 is 1.69 bits per heavy atom. The van der Waals surface area contributed by atoms with Gasteiger partial charge in [-0.15, -0.1) is 0 Å². The minimum Gasteiger partial charge on any atom is -0.483 e. The van der Waals surface area contributed by atoms with E-state index in [0.29, 0.717) is 11.3 Å². The Morgan fingerprint density at radius 1 is 1.00 bits per heavy atom. The van der Waals surface area contributed by atoms with Gasteiger partial charge in [-0.3, -0.25) is 9.59 Å². The first-order chi connectivity index (χ1) is 17.3. The molecule has 3 rings (SSSR count). The van der Waals surface area contributed by atoms with Crippen LogP contribution in [0.1, 0.15) is 37.5 Å². The summed E-state index contributed by atoms with van der Waals surface area (Å²) in [5.41, 5.74) is 2.36. The predicted molar refractivity (Wildman–Crippen MR) is 143 cm³/mol. The molecule has 0 saturated carbocycles. The topological polar surface area (TPSA) is 58.6 Å². The highest BCUT2D eigenvalue weighted by molar-refractivity contribution is 9.10. The lowest BCUT2D eigenvalue weighted by Crippen LogP contribution is -2.53. The van der Waals surface area contributed by atoms with Crippen molar-refractivity contribution in [2.75, 3.05) is 6.61 Å². The van der Waals surface area contributed by atoms with Crippen LogP contribution in [0.5, 0.6) is 5.75 Å². The van der Waals surface area contributed by atoms with Crippen molar-refractivity contribution < 1.29 is 18.7 Å². The molecular formula is C29H32BrFN2O3. The van der Waals surface area contributed by atoms with Crippen LogP contribution in [0.4, 0.5) is 4.39 Å². The van der Waals surface area contributed by atoms with E-state index < -0.39 is 17.8 Å². The molecule has 2 amide bonds. The Balaban J connectivity index is 1.92. The number of benzene rings is 3. The summed E-state index contributed by atoms with van der Waals surface area (Å²) in [4.78, 5) is 28.3. The van der Waals surface area contributed by atoms with E-state index in [1.807, 2.05) is 62.4 Å². The number of amides is 2. The lowest BCUT2D eigenvalue weighted by molar-refractivity contribution is -0.143. The predicted octanol–water partition coefficient (Wildman–Crippen LogP) is 5.69. The molecule has 0 aliphatic rings. The van der Waals surface area contributed by atoms with Crippen LogP contribution < -0.4 is 10.1 Å². The maximum atomic E-state index is 14.6. The molecule has 0 bridgehead atoms. The Bertz CT molecular complexity index is 1170. The van der Waals surface area contributed by atoms with Gasteiger partial charge in [0.05, 0.1) is 4.47 Å². The van der Waals surface area contributed by atoms with Gasteiger partial charge in [0.25, 0.3) is 5.91 Å². The van der Waals surface area contributed by atoms with E-state index in [4.69, 9.17) is 4.74 Å². The number of carbonyl (C=O) groups excluding carboxylic acids is 2. The third-order valence-electron chi connectivity index (χ3n) is 5.76. The molecule has 7 heteroatoms. The molecule has 3 aromatic carbocycles. The summed E-state index contributed by atoms with van der Waals surface area (Å²) in [5, 5.41) is 2.92. The molecule has 36 heavy (non-hydrogen) atoms. The molecule has 5 nitrogen and oxygen atoms in total. The highest BCUT2D eigenvalue weighted by atomic mass is 79.9. The average Bonchev–Trinajstić information content (AvgIpc) is 2.86. The highest BCUT2D eigenvalue weighted by Gasteiger charge is 2.31. The third kappa shape index (κ3) is 7.65. The minimum atomic E-state index is -0.851. The molecule has 1 unspecified atom stereocenters. The van der Waals surface area contributed by atoms with Gasteiger partial charge >= 0.3 is 0 Å².